The van der Waals surface area contributed by atoms with E-state index in [-0.39, 0.29) is 12.6 Å². The minimum atomic E-state index is 0.171. The lowest BCUT2D eigenvalue weighted by atomic mass is 10.2. The van der Waals surface area contributed by atoms with Crippen molar-refractivity contribution in [1.82, 2.24) is 10.3 Å². The zero-order chi connectivity index (χ0) is 13.4. The molecule has 1 atom stereocenters. The molecule has 0 amide bonds. The molecule has 0 bridgehead atoms. The number of likely N-dealkylation sites (N-methyl/N-ethyl adjacent to an activating group) is 1. The summed E-state index contributed by atoms with van der Waals surface area (Å²) in [7, 11) is 0. The maximum absolute atomic E-state index is 9.00. The van der Waals surface area contributed by atoms with Gasteiger partial charge in [0.1, 0.15) is 0 Å². The molecule has 2 N–H and O–H groups in total. The van der Waals surface area contributed by atoms with Gasteiger partial charge in [-0.25, -0.2) is 0 Å². The molecule has 0 aliphatic heterocycles. The summed E-state index contributed by atoms with van der Waals surface area (Å²) >= 11 is 0. The van der Waals surface area contributed by atoms with Crippen LogP contribution in [0.25, 0.3) is 0 Å². The number of aromatic nitrogens is 1. The van der Waals surface area contributed by atoms with Gasteiger partial charge in [-0.3, -0.25) is 4.98 Å². The zero-order valence-corrected chi connectivity index (χ0v) is 11.7. The summed E-state index contributed by atoms with van der Waals surface area (Å²) in [4.78, 5) is 6.61. The number of rotatable bonds is 8. The Bertz CT molecular complexity index is 326. The molecule has 1 aromatic heterocycles. The molecular weight excluding hydrogens is 226 g/mol. The van der Waals surface area contributed by atoms with Crippen molar-refractivity contribution < 1.29 is 5.11 Å². The molecule has 0 aliphatic rings. The molecule has 0 fully saturated rings. The minimum absolute atomic E-state index is 0.171. The summed E-state index contributed by atoms with van der Waals surface area (Å²) in [5.41, 5.74) is 2.13. The van der Waals surface area contributed by atoms with Gasteiger partial charge in [-0.1, -0.05) is 6.92 Å². The zero-order valence-electron chi connectivity index (χ0n) is 11.7. The highest BCUT2D eigenvalue weighted by Crippen LogP contribution is 2.16. The minimum Gasteiger partial charge on any atom is -0.395 e. The molecule has 0 radical (unpaired) electrons. The molecular formula is C14H25N3O. The van der Waals surface area contributed by atoms with Crippen LogP contribution >= 0.6 is 0 Å². The summed E-state index contributed by atoms with van der Waals surface area (Å²) in [6, 6.07) is 4.42. The second-order valence-corrected chi connectivity index (χ2v) is 4.42. The van der Waals surface area contributed by atoms with Crippen molar-refractivity contribution in [1.29, 1.82) is 0 Å². The van der Waals surface area contributed by atoms with Gasteiger partial charge in [-0.2, -0.15) is 0 Å². The normalized spacial score (nSPS) is 12.4. The number of aliphatic hydroxyl groups is 1. The summed E-state index contributed by atoms with van der Waals surface area (Å²) in [6.07, 6.45) is 3.02. The van der Waals surface area contributed by atoms with Gasteiger partial charge in [0.15, 0.2) is 0 Å². The van der Waals surface area contributed by atoms with E-state index in [2.05, 4.69) is 48.1 Å². The molecule has 4 heteroatoms. The van der Waals surface area contributed by atoms with E-state index >= 15 is 0 Å². The maximum Gasteiger partial charge on any atom is 0.0606 e. The smallest absolute Gasteiger partial charge is 0.0606 e. The van der Waals surface area contributed by atoms with Crippen LogP contribution in [-0.2, 0) is 0 Å². The second kappa shape index (κ2) is 8.06. The summed E-state index contributed by atoms with van der Waals surface area (Å²) in [6.45, 7) is 9.08. The van der Waals surface area contributed by atoms with E-state index in [1.54, 1.807) is 0 Å². The molecule has 0 saturated heterocycles. The summed E-state index contributed by atoms with van der Waals surface area (Å²) in [5.74, 6) is 0. The SMILES string of the molecule is CCCNC(C)c1ccc(N(CC)CCO)cn1. The highest BCUT2D eigenvalue weighted by molar-refractivity contribution is 5.44. The highest BCUT2D eigenvalue weighted by Gasteiger charge is 2.08. The van der Waals surface area contributed by atoms with Gasteiger partial charge >= 0.3 is 0 Å². The molecule has 1 aromatic rings. The highest BCUT2D eigenvalue weighted by atomic mass is 16.3. The molecule has 0 saturated carbocycles. The van der Waals surface area contributed by atoms with Crippen molar-refractivity contribution in [3.63, 3.8) is 0 Å². The molecule has 1 rings (SSSR count). The first kappa shape index (κ1) is 14.9. The topological polar surface area (TPSA) is 48.4 Å². The predicted octanol–water partition coefficient (Wildman–Crippen LogP) is 1.96. The third-order valence-electron chi connectivity index (χ3n) is 3.03. The standard InChI is InChI=1S/C14H25N3O/c1-4-8-15-12(3)14-7-6-13(11-16-14)17(5-2)9-10-18/h6-7,11-12,15,18H,4-5,8-10H2,1-3H3. The number of pyridine rings is 1. The van der Waals surface area contributed by atoms with E-state index in [0.717, 1.165) is 30.9 Å². The Balaban J connectivity index is 2.66. The maximum atomic E-state index is 9.00. The van der Waals surface area contributed by atoms with Crippen LogP contribution in [0.5, 0.6) is 0 Å². The first-order chi connectivity index (χ1) is 8.72. The van der Waals surface area contributed by atoms with Crippen molar-refractivity contribution in [2.75, 3.05) is 31.1 Å². The number of anilines is 1. The van der Waals surface area contributed by atoms with E-state index in [1.807, 2.05) is 6.20 Å². The van der Waals surface area contributed by atoms with E-state index in [4.69, 9.17) is 5.11 Å². The Morgan fingerprint density at radius 3 is 2.67 bits per heavy atom. The van der Waals surface area contributed by atoms with Crippen molar-refractivity contribution >= 4 is 5.69 Å². The first-order valence-corrected chi connectivity index (χ1v) is 6.78. The van der Waals surface area contributed by atoms with Crippen LogP contribution in [0.15, 0.2) is 18.3 Å². The van der Waals surface area contributed by atoms with Crippen molar-refractivity contribution in [3.8, 4) is 0 Å². The number of nitrogens with zero attached hydrogens (tertiary/aromatic N) is 2. The third kappa shape index (κ3) is 4.27. The fraction of sp³-hybridized carbons (Fsp3) is 0.643. The van der Waals surface area contributed by atoms with Crippen LogP contribution in [0.1, 0.15) is 38.9 Å². The van der Waals surface area contributed by atoms with Crippen LogP contribution < -0.4 is 10.2 Å². The molecule has 1 heterocycles. The van der Waals surface area contributed by atoms with Crippen LogP contribution in [0.2, 0.25) is 0 Å². The van der Waals surface area contributed by atoms with Gasteiger partial charge in [0.25, 0.3) is 0 Å². The Hall–Kier alpha value is -1.13. The van der Waals surface area contributed by atoms with Crippen LogP contribution in [0.3, 0.4) is 0 Å². The molecule has 102 valence electrons. The quantitative estimate of drug-likeness (QED) is 0.741. The van der Waals surface area contributed by atoms with Gasteiger partial charge in [0.2, 0.25) is 0 Å². The molecule has 1 unspecified atom stereocenters. The van der Waals surface area contributed by atoms with Crippen LogP contribution in [0.4, 0.5) is 5.69 Å². The molecule has 0 spiro atoms. The van der Waals surface area contributed by atoms with Crippen molar-refractivity contribution in [3.05, 3.63) is 24.0 Å². The Morgan fingerprint density at radius 2 is 2.17 bits per heavy atom. The van der Waals surface area contributed by atoms with Gasteiger partial charge < -0.3 is 15.3 Å². The van der Waals surface area contributed by atoms with Gasteiger partial charge in [-0.05, 0) is 38.9 Å². The van der Waals surface area contributed by atoms with E-state index in [0.29, 0.717) is 6.54 Å². The Kier molecular flexibility index (Phi) is 6.68. The van der Waals surface area contributed by atoms with E-state index in [1.165, 1.54) is 0 Å². The van der Waals surface area contributed by atoms with Crippen LogP contribution in [0, 0.1) is 0 Å². The van der Waals surface area contributed by atoms with Gasteiger partial charge in [0, 0.05) is 19.1 Å². The van der Waals surface area contributed by atoms with Gasteiger partial charge in [-0.15, -0.1) is 0 Å². The lowest BCUT2D eigenvalue weighted by Crippen LogP contribution is -2.26. The van der Waals surface area contributed by atoms with E-state index < -0.39 is 0 Å². The number of aliphatic hydroxyl groups excluding tert-OH is 1. The van der Waals surface area contributed by atoms with Crippen molar-refractivity contribution in [2.45, 2.75) is 33.2 Å². The predicted molar refractivity (Wildman–Crippen MR) is 75.9 cm³/mol. The Morgan fingerprint density at radius 1 is 1.39 bits per heavy atom. The summed E-state index contributed by atoms with van der Waals surface area (Å²) in [5, 5.41) is 12.4. The average molecular weight is 251 g/mol. The number of hydrogen-bond acceptors (Lipinski definition) is 4. The second-order valence-electron chi connectivity index (χ2n) is 4.42. The molecule has 0 aliphatic carbocycles. The monoisotopic (exact) mass is 251 g/mol. The Labute approximate surface area is 110 Å². The van der Waals surface area contributed by atoms with E-state index in [9.17, 15) is 0 Å². The average Bonchev–Trinajstić information content (AvgIpc) is 2.42. The number of nitrogens with one attached hydrogen (secondary N) is 1. The third-order valence-corrected chi connectivity index (χ3v) is 3.03. The lowest BCUT2D eigenvalue weighted by Gasteiger charge is -2.22. The molecule has 4 nitrogen and oxygen atoms in total. The van der Waals surface area contributed by atoms with Gasteiger partial charge in [0.05, 0.1) is 24.2 Å². The fourth-order valence-corrected chi connectivity index (χ4v) is 1.90. The molecule has 0 aromatic carbocycles. The van der Waals surface area contributed by atoms with Crippen LogP contribution in [-0.4, -0.2) is 36.3 Å². The fourth-order valence-electron chi connectivity index (χ4n) is 1.90. The summed E-state index contributed by atoms with van der Waals surface area (Å²) < 4.78 is 0. The number of hydrogen-bond donors (Lipinski definition) is 2. The van der Waals surface area contributed by atoms with Crippen molar-refractivity contribution in [2.24, 2.45) is 0 Å². The largest absolute Gasteiger partial charge is 0.395 e. The lowest BCUT2D eigenvalue weighted by molar-refractivity contribution is 0.302. The first-order valence-electron chi connectivity index (χ1n) is 6.78. The molecule has 18 heavy (non-hydrogen) atoms.